The van der Waals surface area contributed by atoms with E-state index in [0.717, 1.165) is 11.1 Å². The van der Waals surface area contributed by atoms with Crippen LogP contribution in [-0.2, 0) is 32.0 Å². The highest BCUT2D eigenvalue weighted by Gasteiger charge is 2.27. The van der Waals surface area contributed by atoms with Crippen LogP contribution in [0.1, 0.15) is 36.8 Å². The first-order valence-electron chi connectivity index (χ1n) is 16.7. The first-order chi connectivity index (χ1) is 24.2. The second kappa shape index (κ2) is 18.8. The molecular weight excluding hydrogens is 632 g/mol. The number of rotatable bonds is 17. The maximum Gasteiger partial charge on any atom is 0.249 e. The fraction of sp³-hybridized carbons (Fsp3) is 0.300. The van der Waals surface area contributed by atoms with Gasteiger partial charge in [0, 0.05) is 44.7 Å². The monoisotopic (exact) mass is 678 g/mol. The second-order valence-electron chi connectivity index (χ2n) is 12.0. The molecule has 2 N–H and O–H groups in total. The molecule has 50 heavy (non-hydrogen) atoms. The topological polar surface area (TPSA) is 117 Å². The van der Waals surface area contributed by atoms with E-state index >= 15 is 0 Å². The van der Waals surface area contributed by atoms with Crippen molar-refractivity contribution in [1.82, 2.24) is 10.6 Å². The van der Waals surface area contributed by atoms with Crippen molar-refractivity contribution in [2.75, 3.05) is 38.1 Å². The first-order valence-corrected chi connectivity index (χ1v) is 16.7. The third-order valence-corrected chi connectivity index (χ3v) is 8.50. The minimum atomic E-state index is -0.820. The molecule has 4 aromatic carbocycles. The van der Waals surface area contributed by atoms with Crippen LogP contribution in [0.3, 0.4) is 0 Å². The molecule has 0 saturated carbocycles. The Labute approximate surface area is 294 Å². The SMILES string of the molecule is COc1ccc(N(C)C(=O)[C@H](CCc2ccccc2)NC(=O)CCCC(=O)N[C@@H](Cc2ccccc2)C(=O)N(C)c2ccc(OC)cc2)cc1. The summed E-state index contributed by atoms with van der Waals surface area (Å²) in [7, 11) is 6.49. The van der Waals surface area contributed by atoms with Gasteiger partial charge in [-0.3, -0.25) is 19.2 Å². The summed E-state index contributed by atoms with van der Waals surface area (Å²) in [5, 5.41) is 5.81. The van der Waals surface area contributed by atoms with Gasteiger partial charge in [0.1, 0.15) is 23.6 Å². The normalized spacial score (nSPS) is 11.8. The number of likely N-dealkylation sites (N-methyl/N-ethyl adjacent to an activating group) is 2. The lowest BCUT2D eigenvalue weighted by Gasteiger charge is -2.25. The van der Waals surface area contributed by atoms with Gasteiger partial charge >= 0.3 is 0 Å². The van der Waals surface area contributed by atoms with E-state index in [1.165, 1.54) is 9.80 Å². The van der Waals surface area contributed by atoms with E-state index < -0.39 is 12.1 Å². The summed E-state index contributed by atoms with van der Waals surface area (Å²) in [5.74, 6) is 0.150. The third kappa shape index (κ3) is 10.9. The minimum Gasteiger partial charge on any atom is -0.497 e. The number of ether oxygens (including phenoxy) is 2. The molecule has 0 unspecified atom stereocenters. The lowest BCUT2D eigenvalue weighted by Crippen LogP contribution is -2.49. The Balaban J connectivity index is 1.37. The lowest BCUT2D eigenvalue weighted by atomic mass is 10.0. The van der Waals surface area contributed by atoms with E-state index in [4.69, 9.17) is 9.47 Å². The van der Waals surface area contributed by atoms with E-state index in [1.54, 1.807) is 76.8 Å². The lowest BCUT2D eigenvalue weighted by molar-refractivity contribution is -0.128. The van der Waals surface area contributed by atoms with Gasteiger partial charge in [-0.1, -0.05) is 60.7 Å². The van der Waals surface area contributed by atoms with Crippen molar-refractivity contribution in [2.24, 2.45) is 0 Å². The Morgan fingerprint density at radius 2 is 1.00 bits per heavy atom. The van der Waals surface area contributed by atoms with E-state index in [1.807, 2.05) is 60.7 Å². The highest BCUT2D eigenvalue weighted by molar-refractivity contribution is 6.00. The zero-order valence-electron chi connectivity index (χ0n) is 29.1. The molecule has 4 aromatic rings. The Morgan fingerprint density at radius 1 is 0.580 bits per heavy atom. The second-order valence-corrected chi connectivity index (χ2v) is 12.0. The average Bonchev–Trinajstić information content (AvgIpc) is 3.15. The molecule has 4 amide bonds. The van der Waals surface area contributed by atoms with Crippen LogP contribution >= 0.6 is 0 Å². The molecule has 0 heterocycles. The Morgan fingerprint density at radius 3 is 1.46 bits per heavy atom. The third-order valence-electron chi connectivity index (χ3n) is 8.50. The van der Waals surface area contributed by atoms with Gasteiger partial charge in [0.25, 0.3) is 0 Å². The van der Waals surface area contributed by atoms with Crippen LogP contribution in [0.4, 0.5) is 11.4 Å². The first kappa shape index (κ1) is 37.2. The minimum absolute atomic E-state index is 0.0343. The number of aryl methyl sites for hydroxylation is 1. The molecule has 0 saturated heterocycles. The van der Waals surface area contributed by atoms with Gasteiger partial charge in [-0.2, -0.15) is 0 Å². The van der Waals surface area contributed by atoms with Crippen molar-refractivity contribution in [2.45, 2.75) is 50.6 Å². The highest BCUT2D eigenvalue weighted by atomic mass is 16.5. The average molecular weight is 679 g/mol. The van der Waals surface area contributed by atoms with E-state index in [2.05, 4.69) is 10.6 Å². The number of nitrogens with one attached hydrogen (secondary N) is 2. The number of carbonyl (C=O) groups excluding carboxylic acids is 4. The van der Waals surface area contributed by atoms with Gasteiger partial charge in [-0.15, -0.1) is 0 Å². The number of benzene rings is 4. The maximum atomic E-state index is 13.6. The summed E-state index contributed by atoms with van der Waals surface area (Å²) in [6, 6.07) is 31.9. The van der Waals surface area contributed by atoms with E-state index in [9.17, 15) is 19.2 Å². The van der Waals surface area contributed by atoms with Gasteiger partial charge in [0.15, 0.2) is 0 Å². The number of nitrogens with zero attached hydrogens (tertiary/aromatic N) is 2. The van der Waals surface area contributed by atoms with Crippen LogP contribution in [0.25, 0.3) is 0 Å². The fourth-order valence-electron chi connectivity index (χ4n) is 5.54. The number of anilines is 2. The van der Waals surface area contributed by atoms with Crippen LogP contribution in [0.2, 0.25) is 0 Å². The molecule has 2 atom stereocenters. The molecule has 10 heteroatoms. The van der Waals surface area contributed by atoms with Crippen molar-refractivity contribution >= 4 is 35.0 Å². The van der Waals surface area contributed by atoms with Gasteiger partial charge in [-0.05, 0) is 78.9 Å². The highest BCUT2D eigenvalue weighted by Crippen LogP contribution is 2.21. The Bertz CT molecular complexity index is 1680. The van der Waals surface area contributed by atoms with Crippen LogP contribution in [-0.4, -0.2) is 64.0 Å². The molecule has 0 aliphatic carbocycles. The summed E-state index contributed by atoms with van der Waals surface area (Å²) in [4.78, 5) is 56.6. The molecule has 4 rings (SSSR count). The van der Waals surface area contributed by atoms with E-state index in [-0.39, 0.29) is 42.9 Å². The number of methoxy groups -OCH3 is 2. The van der Waals surface area contributed by atoms with Crippen molar-refractivity contribution in [3.63, 3.8) is 0 Å². The maximum absolute atomic E-state index is 13.6. The molecule has 0 fully saturated rings. The molecule has 0 aliphatic rings. The zero-order valence-corrected chi connectivity index (χ0v) is 29.1. The van der Waals surface area contributed by atoms with Crippen LogP contribution in [0.15, 0.2) is 109 Å². The summed E-state index contributed by atoms with van der Waals surface area (Å²) in [6.45, 7) is 0. The Hall–Kier alpha value is -5.64. The number of hydrogen-bond donors (Lipinski definition) is 2. The molecular formula is C40H46N4O6. The predicted octanol–water partition coefficient (Wildman–Crippen LogP) is 5.35. The summed E-state index contributed by atoms with van der Waals surface area (Å²) in [6.07, 6.45) is 1.62. The van der Waals surface area contributed by atoms with Crippen molar-refractivity contribution in [3.8, 4) is 11.5 Å². The molecule has 10 nitrogen and oxygen atoms in total. The van der Waals surface area contributed by atoms with Gasteiger partial charge in [-0.25, -0.2) is 0 Å². The summed E-state index contributed by atoms with van der Waals surface area (Å²) >= 11 is 0. The van der Waals surface area contributed by atoms with Crippen LogP contribution < -0.4 is 29.9 Å². The van der Waals surface area contributed by atoms with Crippen molar-refractivity contribution in [3.05, 3.63) is 120 Å². The molecule has 0 bridgehead atoms. The number of hydrogen-bond acceptors (Lipinski definition) is 6. The van der Waals surface area contributed by atoms with Crippen molar-refractivity contribution in [1.29, 1.82) is 0 Å². The van der Waals surface area contributed by atoms with Gasteiger partial charge in [0.2, 0.25) is 23.6 Å². The Kier molecular flexibility index (Phi) is 14.0. The van der Waals surface area contributed by atoms with Gasteiger partial charge < -0.3 is 29.9 Å². The molecule has 0 radical (unpaired) electrons. The van der Waals surface area contributed by atoms with Crippen LogP contribution in [0, 0.1) is 0 Å². The quantitative estimate of drug-likeness (QED) is 0.156. The summed E-state index contributed by atoms with van der Waals surface area (Å²) < 4.78 is 10.5. The predicted molar refractivity (Wildman–Crippen MR) is 195 cm³/mol. The van der Waals surface area contributed by atoms with Gasteiger partial charge in [0.05, 0.1) is 14.2 Å². The smallest absolute Gasteiger partial charge is 0.249 e. The number of amides is 4. The molecule has 0 aromatic heterocycles. The fourth-order valence-corrected chi connectivity index (χ4v) is 5.54. The van der Waals surface area contributed by atoms with Crippen molar-refractivity contribution < 1.29 is 28.7 Å². The standard InChI is InChI=1S/C40H46N4O6/c1-43(31-19-23-33(49-3)24-20-31)39(47)35(27-18-29-12-7-5-8-13-29)41-37(45)16-11-17-38(46)42-36(28-30-14-9-6-10-15-30)40(48)44(2)32-21-25-34(50-4)26-22-32/h5-10,12-15,19-26,35-36H,11,16-18,27-28H2,1-4H3,(H,41,45)(H,42,46)/t35-,36-/m0/s1. The molecule has 0 spiro atoms. The summed E-state index contributed by atoms with van der Waals surface area (Å²) in [5.41, 5.74) is 3.29. The molecule has 262 valence electrons. The molecule has 0 aliphatic heterocycles. The number of carbonyl (C=O) groups is 4. The van der Waals surface area contributed by atoms with Crippen LogP contribution in [0.5, 0.6) is 11.5 Å². The van der Waals surface area contributed by atoms with E-state index in [0.29, 0.717) is 42.1 Å². The largest absolute Gasteiger partial charge is 0.497 e. The zero-order chi connectivity index (χ0) is 35.9.